The van der Waals surface area contributed by atoms with Crippen LogP contribution >= 0.6 is 11.3 Å². The number of fused-ring (bicyclic) bond motifs is 1. The van der Waals surface area contributed by atoms with Gasteiger partial charge in [-0.05, 0) is 36.8 Å². The molecule has 3 aromatic rings. The minimum Gasteiger partial charge on any atom is -0.507 e. The Morgan fingerprint density at radius 3 is 2.81 bits per heavy atom. The summed E-state index contributed by atoms with van der Waals surface area (Å²) >= 11 is 1.15. The van der Waals surface area contributed by atoms with E-state index in [1.54, 1.807) is 29.6 Å². The van der Waals surface area contributed by atoms with E-state index >= 15 is 0 Å². The fourth-order valence-electron chi connectivity index (χ4n) is 4.08. The summed E-state index contributed by atoms with van der Waals surface area (Å²) in [6.45, 7) is 1.94. The van der Waals surface area contributed by atoms with Gasteiger partial charge in [-0.1, -0.05) is 18.2 Å². The zero-order valence-corrected chi connectivity index (χ0v) is 17.2. The Morgan fingerprint density at radius 1 is 1.26 bits per heavy atom. The molecule has 0 unspecified atom stereocenters. The average molecular weight is 436 g/mol. The largest absolute Gasteiger partial charge is 0.507 e. The number of amides is 1. The minimum absolute atomic E-state index is 0.0151. The zero-order chi connectivity index (χ0) is 21.7. The first-order valence-corrected chi connectivity index (χ1v) is 10.6. The van der Waals surface area contributed by atoms with E-state index in [2.05, 4.69) is 4.98 Å². The number of ketones is 1. The van der Waals surface area contributed by atoms with Crippen LogP contribution in [0.25, 0.3) is 5.76 Å². The van der Waals surface area contributed by atoms with Gasteiger partial charge in [-0.15, -0.1) is 11.3 Å². The number of hydrogen-bond acceptors (Lipinski definition) is 6. The van der Waals surface area contributed by atoms with E-state index in [0.29, 0.717) is 12.0 Å². The second-order valence-corrected chi connectivity index (χ2v) is 8.33. The summed E-state index contributed by atoms with van der Waals surface area (Å²) < 4.78 is 20.5. The van der Waals surface area contributed by atoms with Crippen molar-refractivity contribution in [2.75, 3.05) is 4.90 Å². The molecule has 2 atom stereocenters. The zero-order valence-electron chi connectivity index (χ0n) is 16.4. The number of anilines is 1. The van der Waals surface area contributed by atoms with E-state index < -0.39 is 23.5 Å². The van der Waals surface area contributed by atoms with Crippen LogP contribution in [0.1, 0.15) is 29.7 Å². The number of hydrogen-bond donors (Lipinski definition) is 1. The van der Waals surface area contributed by atoms with E-state index in [9.17, 15) is 19.1 Å². The van der Waals surface area contributed by atoms with Crippen molar-refractivity contribution in [3.8, 4) is 5.75 Å². The maximum atomic E-state index is 14.8. The smallest absolute Gasteiger partial charge is 0.301 e. The first kappa shape index (κ1) is 19.4. The summed E-state index contributed by atoms with van der Waals surface area (Å²) in [5.74, 6) is -1.96. The van der Waals surface area contributed by atoms with Gasteiger partial charge in [-0.2, -0.15) is 0 Å². The molecule has 156 valence electrons. The average Bonchev–Trinajstić information content (AvgIpc) is 3.46. The Labute approximate surface area is 181 Å². The Balaban J connectivity index is 1.70. The van der Waals surface area contributed by atoms with Crippen molar-refractivity contribution in [1.29, 1.82) is 0 Å². The van der Waals surface area contributed by atoms with Gasteiger partial charge in [-0.25, -0.2) is 9.37 Å². The molecule has 1 aromatic heterocycles. The normalized spacial score (nSPS) is 21.9. The number of nitrogens with zero attached hydrogens (tertiary/aromatic N) is 2. The lowest BCUT2D eigenvalue weighted by Gasteiger charge is -2.23. The number of rotatable bonds is 3. The highest BCUT2D eigenvalue weighted by Crippen LogP contribution is 2.44. The lowest BCUT2D eigenvalue weighted by Crippen LogP contribution is -2.29. The van der Waals surface area contributed by atoms with Crippen LogP contribution in [-0.2, 0) is 16.0 Å². The first-order chi connectivity index (χ1) is 15.0. The van der Waals surface area contributed by atoms with Crippen LogP contribution < -0.4 is 9.64 Å². The molecule has 2 aliphatic rings. The molecule has 1 saturated heterocycles. The molecule has 5 rings (SSSR count). The van der Waals surface area contributed by atoms with Crippen molar-refractivity contribution in [2.45, 2.75) is 25.5 Å². The molecular formula is C23H17FN2O4S. The number of Topliss-reactive ketones (excluding diaryl/α,β-unsaturated/α-hetero) is 1. The molecule has 1 fully saturated rings. The van der Waals surface area contributed by atoms with Gasteiger partial charge < -0.3 is 9.84 Å². The van der Waals surface area contributed by atoms with Crippen LogP contribution in [0.15, 0.2) is 59.6 Å². The maximum Gasteiger partial charge on any atom is 0.301 e. The number of carbonyl (C=O) groups is 2. The van der Waals surface area contributed by atoms with Crippen molar-refractivity contribution in [3.63, 3.8) is 0 Å². The second-order valence-electron chi connectivity index (χ2n) is 7.46. The van der Waals surface area contributed by atoms with Gasteiger partial charge in [0.2, 0.25) is 0 Å². The molecule has 0 spiro atoms. The molecule has 2 aromatic carbocycles. The topological polar surface area (TPSA) is 79.7 Å². The molecule has 8 heteroatoms. The third-order valence-electron chi connectivity index (χ3n) is 5.44. The van der Waals surface area contributed by atoms with Crippen molar-refractivity contribution >= 4 is 33.9 Å². The Hall–Kier alpha value is -3.52. The number of benzene rings is 2. The van der Waals surface area contributed by atoms with Crippen molar-refractivity contribution < 1.29 is 23.8 Å². The van der Waals surface area contributed by atoms with Crippen molar-refractivity contribution in [2.24, 2.45) is 0 Å². The van der Waals surface area contributed by atoms with Crippen LogP contribution in [0, 0.1) is 5.82 Å². The molecule has 0 aliphatic carbocycles. The number of ether oxygens (including phenoxy) is 1. The predicted molar refractivity (Wildman–Crippen MR) is 114 cm³/mol. The summed E-state index contributed by atoms with van der Waals surface area (Å²) in [7, 11) is 0. The van der Waals surface area contributed by atoms with Crippen LogP contribution in [0.4, 0.5) is 9.52 Å². The molecule has 0 bridgehead atoms. The van der Waals surface area contributed by atoms with E-state index in [1.165, 1.54) is 24.4 Å². The van der Waals surface area contributed by atoms with Crippen molar-refractivity contribution in [1.82, 2.24) is 4.98 Å². The maximum absolute atomic E-state index is 14.8. The molecule has 31 heavy (non-hydrogen) atoms. The highest BCUT2D eigenvalue weighted by molar-refractivity contribution is 7.14. The summed E-state index contributed by atoms with van der Waals surface area (Å²) in [5.41, 5.74) is 1.21. The highest BCUT2D eigenvalue weighted by atomic mass is 32.1. The number of aliphatic hydroxyl groups is 1. The minimum atomic E-state index is -1.13. The van der Waals surface area contributed by atoms with E-state index in [4.69, 9.17) is 4.74 Å². The third kappa shape index (κ3) is 3.11. The molecule has 2 aliphatic heterocycles. The van der Waals surface area contributed by atoms with Crippen molar-refractivity contribution in [3.05, 3.63) is 82.1 Å². The molecule has 6 nitrogen and oxygen atoms in total. The quantitative estimate of drug-likeness (QED) is 0.378. The summed E-state index contributed by atoms with van der Waals surface area (Å²) in [5, 5.41) is 13.1. The third-order valence-corrected chi connectivity index (χ3v) is 6.21. The van der Waals surface area contributed by atoms with Crippen LogP contribution in [0.2, 0.25) is 0 Å². The van der Waals surface area contributed by atoms with Gasteiger partial charge in [-0.3, -0.25) is 14.5 Å². The summed E-state index contributed by atoms with van der Waals surface area (Å²) in [6, 6.07) is 9.86. The summed E-state index contributed by atoms with van der Waals surface area (Å²) in [4.78, 5) is 31.2. The lowest BCUT2D eigenvalue weighted by atomic mass is 9.94. The first-order valence-electron chi connectivity index (χ1n) is 9.70. The van der Waals surface area contributed by atoms with Gasteiger partial charge in [0, 0.05) is 29.1 Å². The predicted octanol–water partition coefficient (Wildman–Crippen LogP) is 4.23. The van der Waals surface area contributed by atoms with E-state index in [0.717, 1.165) is 27.5 Å². The number of carbonyl (C=O) groups excluding carboxylic acids is 2. The molecule has 0 radical (unpaired) electrons. The fraction of sp³-hybridized carbons (Fsp3) is 0.174. The fourth-order valence-corrected chi connectivity index (χ4v) is 4.75. The Bertz CT molecular complexity index is 1240. The highest BCUT2D eigenvalue weighted by Gasteiger charge is 2.48. The number of aliphatic hydroxyl groups excluding tert-OH is 1. The van der Waals surface area contributed by atoms with Gasteiger partial charge in [0.15, 0.2) is 5.13 Å². The van der Waals surface area contributed by atoms with Crippen LogP contribution in [-0.4, -0.2) is 27.9 Å². The Kier molecular flexibility index (Phi) is 4.59. The van der Waals surface area contributed by atoms with Gasteiger partial charge >= 0.3 is 5.91 Å². The molecule has 1 N–H and O–H groups in total. The van der Waals surface area contributed by atoms with Crippen LogP contribution in [0.5, 0.6) is 5.75 Å². The van der Waals surface area contributed by atoms with Gasteiger partial charge in [0.25, 0.3) is 5.78 Å². The van der Waals surface area contributed by atoms with E-state index in [1.807, 2.05) is 6.92 Å². The van der Waals surface area contributed by atoms with Crippen LogP contribution in [0.3, 0.4) is 0 Å². The standard InChI is InChI=1S/C23H17FN2O4S/c1-12-10-14-11-13(6-7-17(14)30-12)20(27)18-19(15-4-2-3-5-16(15)24)26(22(29)21(18)28)23-25-8-9-31-23/h2-9,11-12,19,27H,10H2,1H3/b20-18+/t12-,19-/m1/s1. The van der Waals surface area contributed by atoms with Gasteiger partial charge in [0.1, 0.15) is 29.5 Å². The number of halogens is 1. The molecule has 0 saturated carbocycles. The lowest BCUT2D eigenvalue weighted by molar-refractivity contribution is -0.132. The SMILES string of the molecule is C[C@@H]1Cc2cc(/C(O)=C3\C(=O)C(=O)N(c4nccs4)[C@@H]3c3ccccc3F)ccc2O1. The number of thiazole rings is 1. The molecular weight excluding hydrogens is 419 g/mol. The Morgan fingerprint density at radius 2 is 2.06 bits per heavy atom. The van der Waals surface area contributed by atoms with E-state index in [-0.39, 0.29) is 28.1 Å². The summed E-state index contributed by atoms with van der Waals surface area (Å²) in [6.07, 6.45) is 2.18. The molecule has 1 amide bonds. The second kappa shape index (κ2) is 7.31. The number of aromatic nitrogens is 1. The van der Waals surface area contributed by atoms with Gasteiger partial charge in [0.05, 0.1) is 5.57 Å². The molecule has 3 heterocycles. The monoisotopic (exact) mass is 436 g/mol.